The predicted octanol–water partition coefficient (Wildman–Crippen LogP) is 3.91. The average Bonchev–Trinajstić information content (AvgIpc) is 2.96. The molecule has 128 valence electrons. The number of nitrogens with one attached hydrogen (secondary N) is 1. The lowest BCUT2D eigenvalue weighted by atomic mass is 10.1. The molecule has 0 radical (unpaired) electrons. The third-order valence-electron chi connectivity index (χ3n) is 3.91. The maximum absolute atomic E-state index is 12.6. The second-order valence-corrected chi connectivity index (χ2v) is 5.63. The number of carbonyl (C=O) groups excluding carboxylic acids is 2. The van der Waals surface area contributed by atoms with Gasteiger partial charge in [0.1, 0.15) is 5.75 Å². The summed E-state index contributed by atoms with van der Waals surface area (Å²) in [5.41, 5.74) is 2.86. The number of benzene rings is 2. The van der Waals surface area contributed by atoms with E-state index in [1.165, 1.54) is 0 Å². The van der Waals surface area contributed by atoms with E-state index in [4.69, 9.17) is 9.47 Å². The Morgan fingerprint density at radius 1 is 1.04 bits per heavy atom. The van der Waals surface area contributed by atoms with Crippen LogP contribution in [0.1, 0.15) is 33.3 Å². The molecule has 1 N–H and O–H groups in total. The fourth-order valence-electron chi connectivity index (χ4n) is 2.76. The highest BCUT2D eigenvalue weighted by Crippen LogP contribution is 2.22. The first-order valence-electron chi connectivity index (χ1n) is 8.10. The molecule has 1 heterocycles. The number of para-hydroxylation sites is 1. The number of carbonyl (C=O) groups is 2. The number of hydrogen-bond donors (Lipinski definition) is 1. The molecule has 0 aliphatic rings. The van der Waals surface area contributed by atoms with Gasteiger partial charge in [-0.05, 0) is 44.2 Å². The Morgan fingerprint density at radius 2 is 1.76 bits per heavy atom. The Bertz CT molecular complexity index is 909. The standard InChI is InChI=1S/C20H19NO4/c1-3-24-20(23)14-8-10-15(11-9-14)25-12-18(22)19-13(2)21-17-7-5-4-6-16(17)19/h4-11,21H,3,12H2,1-2H3. The van der Waals surface area contributed by atoms with Gasteiger partial charge < -0.3 is 14.5 Å². The molecule has 0 fully saturated rings. The van der Waals surface area contributed by atoms with E-state index in [1.54, 1.807) is 31.2 Å². The Hall–Kier alpha value is -3.08. The largest absolute Gasteiger partial charge is 0.485 e. The number of rotatable bonds is 6. The number of fused-ring (bicyclic) bond motifs is 1. The van der Waals surface area contributed by atoms with Crippen molar-refractivity contribution in [1.29, 1.82) is 0 Å². The minimum atomic E-state index is -0.375. The molecule has 3 rings (SSSR count). The van der Waals surface area contributed by atoms with Crippen LogP contribution in [0, 0.1) is 6.92 Å². The average molecular weight is 337 g/mol. The first kappa shape index (κ1) is 16.8. The lowest BCUT2D eigenvalue weighted by Gasteiger charge is -2.07. The van der Waals surface area contributed by atoms with E-state index in [2.05, 4.69) is 4.98 Å². The molecule has 0 saturated heterocycles. The maximum Gasteiger partial charge on any atom is 0.338 e. The Labute approximate surface area is 145 Å². The molecule has 3 aromatic rings. The molecule has 0 amide bonds. The zero-order valence-electron chi connectivity index (χ0n) is 14.2. The normalized spacial score (nSPS) is 10.6. The minimum absolute atomic E-state index is 0.0680. The monoisotopic (exact) mass is 337 g/mol. The Morgan fingerprint density at radius 3 is 2.48 bits per heavy atom. The SMILES string of the molecule is CCOC(=O)c1ccc(OCC(=O)c2c(C)[nH]c3ccccc23)cc1. The van der Waals surface area contributed by atoms with Crippen LogP contribution in [0.15, 0.2) is 48.5 Å². The zero-order valence-corrected chi connectivity index (χ0v) is 14.2. The summed E-state index contributed by atoms with van der Waals surface area (Å²) in [6, 6.07) is 14.2. The lowest BCUT2D eigenvalue weighted by molar-refractivity contribution is 0.0526. The number of esters is 1. The van der Waals surface area contributed by atoms with E-state index in [0.717, 1.165) is 16.6 Å². The van der Waals surface area contributed by atoms with Crippen LogP contribution in [0.3, 0.4) is 0 Å². The van der Waals surface area contributed by atoms with Gasteiger partial charge in [-0.3, -0.25) is 4.79 Å². The van der Waals surface area contributed by atoms with Gasteiger partial charge in [-0.25, -0.2) is 4.79 Å². The van der Waals surface area contributed by atoms with Crippen molar-refractivity contribution in [3.63, 3.8) is 0 Å². The number of Topliss-reactive ketones (excluding diaryl/α,β-unsaturated/α-hetero) is 1. The highest BCUT2D eigenvalue weighted by molar-refractivity contribution is 6.09. The molecule has 2 aromatic carbocycles. The summed E-state index contributed by atoms with van der Waals surface area (Å²) < 4.78 is 10.5. The summed E-state index contributed by atoms with van der Waals surface area (Å²) in [6.45, 7) is 3.89. The van der Waals surface area contributed by atoms with Crippen LogP contribution in [-0.4, -0.2) is 30.0 Å². The van der Waals surface area contributed by atoms with Crippen LogP contribution in [0.4, 0.5) is 0 Å². The van der Waals surface area contributed by atoms with E-state index in [9.17, 15) is 9.59 Å². The van der Waals surface area contributed by atoms with Crippen LogP contribution in [0.2, 0.25) is 0 Å². The van der Waals surface area contributed by atoms with E-state index < -0.39 is 0 Å². The number of hydrogen-bond acceptors (Lipinski definition) is 4. The zero-order chi connectivity index (χ0) is 17.8. The second-order valence-electron chi connectivity index (χ2n) is 5.63. The first-order valence-corrected chi connectivity index (χ1v) is 8.10. The number of ketones is 1. The first-order chi connectivity index (χ1) is 12.1. The van der Waals surface area contributed by atoms with Gasteiger partial charge >= 0.3 is 5.97 Å². The summed E-state index contributed by atoms with van der Waals surface area (Å²) in [7, 11) is 0. The van der Waals surface area contributed by atoms with Crippen molar-refractivity contribution in [3.05, 3.63) is 65.4 Å². The van der Waals surface area contributed by atoms with Crippen molar-refractivity contribution in [2.24, 2.45) is 0 Å². The van der Waals surface area contributed by atoms with Crippen molar-refractivity contribution in [3.8, 4) is 5.75 Å². The van der Waals surface area contributed by atoms with Crippen molar-refractivity contribution in [2.45, 2.75) is 13.8 Å². The maximum atomic E-state index is 12.6. The van der Waals surface area contributed by atoms with Crippen LogP contribution in [0.5, 0.6) is 5.75 Å². The molecule has 0 aliphatic carbocycles. The predicted molar refractivity (Wildman–Crippen MR) is 95.3 cm³/mol. The van der Waals surface area contributed by atoms with Gasteiger partial charge in [-0.15, -0.1) is 0 Å². The van der Waals surface area contributed by atoms with Crippen molar-refractivity contribution in [2.75, 3.05) is 13.2 Å². The van der Waals surface area contributed by atoms with Crippen LogP contribution in [-0.2, 0) is 4.74 Å². The van der Waals surface area contributed by atoms with Gasteiger partial charge in [-0.2, -0.15) is 0 Å². The van der Waals surface area contributed by atoms with E-state index in [-0.39, 0.29) is 18.4 Å². The molecule has 1 aromatic heterocycles. The summed E-state index contributed by atoms with van der Waals surface area (Å²) in [5, 5.41) is 0.895. The minimum Gasteiger partial charge on any atom is -0.485 e. The van der Waals surface area contributed by atoms with Crippen molar-refractivity contribution >= 4 is 22.7 Å². The van der Waals surface area contributed by atoms with E-state index in [1.807, 2.05) is 31.2 Å². The fraction of sp³-hybridized carbons (Fsp3) is 0.200. The molecule has 5 heteroatoms. The Kier molecular flexibility index (Phi) is 4.84. The number of ether oxygens (including phenoxy) is 2. The van der Waals surface area contributed by atoms with Gasteiger partial charge in [0.05, 0.1) is 12.2 Å². The summed E-state index contributed by atoms with van der Waals surface area (Å²) in [6.07, 6.45) is 0. The molecule has 0 unspecified atom stereocenters. The molecule has 0 spiro atoms. The van der Waals surface area contributed by atoms with Gasteiger partial charge in [-0.1, -0.05) is 18.2 Å². The molecule has 0 saturated carbocycles. The smallest absolute Gasteiger partial charge is 0.338 e. The molecular formula is C20H19NO4. The van der Waals surface area contributed by atoms with Crippen molar-refractivity contribution in [1.82, 2.24) is 4.98 Å². The highest BCUT2D eigenvalue weighted by Gasteiger charge is 2.16. The van der Waals surface area contributed by atoms with Crippen LogP contribution in [0.25, 0.3) is 10.9 Å². The van der Waals surface area contributed by atoms with Gasteiger partial charge in [0.2, 0.25) is 5.78 Å². The van der Waals surface area contributed by atoms with E-state index >= 15 is 0 Å². The third-order valence-corrected chi connectivity index (χ3v) is 3.91. The number of aromatic nitrogens is 1. The summed E-state index contributed by atoms with van der Waals surface area (Å²) in [5.74, 6) is 0.0582. The highest BCUT2D eigenvalue weighted by atomic mass is 16.5. The van der Waals surface area contributed by atoms with E-state index in [0.29, 0.717) is 23.5 Å². The van der Waals surface area contributed by atoms with Crippen LogP contribution < -0.4 is 4.74 Å². The van der Waals surface area contributed by atoms with Gasteiger partial charge in [0.15, 0.2) is 6.61 Å². The number of H-pyrrole nitrogens is 1. The third kappa shape index (κ3) is 3.55. The number of aromatic amines is 1. The molecule has 0 aliphatic heterocycles. The molecule has 0 atom stereocenters. The molecule has 5 nitrogen and oxygen atoms in total. The number of aryl methyl sites for hydroxylation is 1. The molecule has 25 heavy (non-hydrogen) atoms. The topological polar surface area (TPSA) is 68.4 Å². The molecule has 0 bridgehead atoms. The van der Waals surface area contributed by atoms with Gasteiger partial charge in [0, 0.05) is 22.2 Å². The Balaban J connectivity index is 1.70. The quantitative estimate of drug-likeness (QED) is 0.547. The second kappa shape index (κ2) is 7.21. The molecular weight excluding hydrogens is 318 g/mol. The van der Waals surface area contributed by atoms with Crippen LogP contribution >= 0.6 is 0 Å². The summed E-state index contributed by atoms with van der Waals surface area (Å²) in [4.78, 5) is 27.4. The van der Waals surface area contributed by atoms with Gasteiger partial charge in [0.25, 0.3) is 0 Å². The lowest BCUT2D eigenvalue weighted by Crippen LogP contribution is -2.12. The van der Waals surface area contributed by atoms with Crippen molar-refractivity contribution < 1.29 is 19.1 Å². The summed E-state index contributed by atoms with van der Waals surface area (Å²) >= 11 is 0. The fourth-order valence-corrected chi connectivity index (χ4v) is 2.76.